The van der Waals surface area contributed by atoms with Gasteiger partial charge in [0.05, 0.1) is 6.61 Å². The zero-order chi connectivity index (χ0) is 12.0. The summed E-state index contributed by atoms with van der Waals surface area (Å²) in [5.41, 5.74) is 7.57. The summed E-state index contributed by atoms with van der Waals surface area (Å²) < 4.78 is 5.30. The van der Waals surface area contributed by atoms with Crippen LogP contribution >= 0.6 is 11.6 Å². The molecule has 0 saturated carbocycles. The number of nitrogen functional groups attached to an aromatic ring is 1. The Bertz CT molecular complexity index is 311. The van der Waals surface area contributed by atoms with Gasteiger partial charge in [-0.2, -0.15) is 0 Å². The number of rotatable bonds is 6. The number of hydrogen-bond acceptors (Lipinski definition) is 3. The SMILES string of the molecule is CCOCCN(C)Cc1cc(N)cc(Cl)c1. The maximum absolute atomic E-state index is 5.94. The first-order valence-electron chi connectivity index (χ1n) is 5.43. The summed E-state index contributed by atoms with van der Waals surface area (Å²) >= 11 is 5.94. The van der Waals surface area contributed by atoms with E-state index in [0.29, 0.717) is 10.7 Å². The second-order valence-corrected chi connectivity index (χ2v) is 4.26. The number of benzene rings is 1. The summed E-state index contributed by atoms with van der Waals surface area (Å²) in [6.07, 6.45) is 0. The Labute approximate surface area is 102 Å². The molecule has 1 aromatic rings. The Morgan fingerprint density at radius 1 is 1.38 bits per heavy atom. The minimum absolute atomic E-state index is 0.688. The van der Waals surface area contributed by atoms with E-state index in [2.05, 4.69) is 11.9 Å². The maximum Gasteiger partial charge on any atom is 0.0593 e. The van der Waals surface area contributed by atoms with Gasteiger partial charge in [0.15, 0.2) is 0 Å². The summed E-state index contributed by atoms with van der Waals surface area (Å²) in [6, 6.07) is 5.64. The van der Waals surface area contributed by atoms with Crippen LogP contribution in [0, 0.1) is 0 Å². The van der Waals surface area contributed by atoms with E-state index in [-0.39, 0.29) is 0 Å². The fraction of sp³-hybridized carbons (Fsp3) is 0.500. The zero-order valence-corrected chi connectivity index (χ0v) is 10.6. The first kappa shape index (κ1) is 13.3. The Morgan fingerprint density at radius 2 is 2.12 bits per heavy atom. The third-order valence-corrected chi connectivity index (χ3v) is 2.47. The van der Waals surface area contributed by atoms with Gasteiger partial charge in [0, 0.05) is 30.4 Å². The molecule has 0 aromatic heterocycles. The highest BCUT2D eigenvalue weighted by atomic mass is 35.5. The lowest BCUT2D eigenvalue weighted by Crippen LogP contribution is -2.22. The summed E-state index contributed by atoms with van der Waals surface area (Å²) in [5.74, 6) is 0. The average Bonchev–Trinajstić information content (AvgIpc) is 2.16. The van der Waals surface area contributed by atoms with E-state index in [0.717, 1.165) is 31.9 Å². The van der Waals surface area contributed by atoms with Crippen molar-refractivity contribution in [2.75, 3.05) is 32.5 Å². The van der Waals surface area contributed by atoms with Crippen LogP contribution in [0.4, 0.5) is 5.69 Å². The summed E-state index contributed by atoms with van der Waals surface area (Å²) in [4.78, 5) is 2.18. The first-order chi connectivity index (χ1) is 7.61. The largest absolute Gasteiger partial charge is 0.399 e. The standard InChI is InChI=1S/C12H19ClN2O/c1-3-16-5-4-15(2)9-10-6-11(13)8-12(14)7-10/h6-8H,3-5,9,14H2,1-2H3. The normalized spacial score (nSPS) is 11.0. The van der Waals surface area contributed by atoms with Crippen LogP contribution in [-0.2, 0) is 11.3 Å². The van der Waals surface area contributed by atoms with Gasteiger partial charge in [-0.15, -0.1) is 0 Å². The molecular weight excluding hydrogens is 224 g/mol. The number of anilines is 1. The number of likely N-dealkylation sites (N-methyl/N-ethyl adjacent to an activating group) is 1. The lowest BCUT2D eigenvalue weighted by Gasteiger charge is -2.16. The van der Waals surface area contributed by atoms with E-state index in [1.165, 1.54) is 0 Å². The highest BCUT2D eigenvalue weighted by molar-refractivity contribution is 6.30. The van der Waals surface area contributed by atoms with Crippen LogP contribution in [0.25, 0.3) is 0 Å². The van der Waals surface area contributed by atoms with Gasteiger partial charge in [-0.05, 0) is 37.7 Å². The van der Waals surface area contributed by atoms with Gasteiger partial charge in [-0.3, -0.25) is 4.90 Å². The van der Waals surface area contributed by atoms with Crippen LogP contribution in [0.5, 0.6) is 0 Å². The third-order valence-electron chi connectivity index (χ3n) is 2.25. The lowest BCUT2D eigenvalue weighted by atomic mass is 10.2. The average molecular weight is 243 g/mol. The van der Waals surface area contributed by atoms with Crippen molar-refractivity contribution < 1.29 is 4.74 Å². The van der Waals surface area contributed by atoms with Crippen LogP contribution in [0.15, 0.2) is 18.2 Å². The van der Waals surface area contributed by atoms with Crippen LogP contribution in [0.1, 0.15) is 12.5 Å². The molecule has 0 aliphatic heterocycles. The monoisotopic (exact) mass is 242 g/mol. The predicted molar refractivity (Wildman–Crippen MR) is 68.7 cm³/mol. The molecule has 0 bridgehead atoms. The smallest absolute Gasteiger partial charge is 0.0593 e. The summed E-state index contributed by atoms with van der Waals surface area (Å²) in [5, 5.41) is 0.688. The minimum Gasteiger partial charge on any atom is -0.399 e. The van der Waals surface area contributed by atoms with Crippen molar-refractivity contribution in [2.45, 2.75) is 13.5 Å². The quantitative estimate of drug-likeness (QED) is 0.615. The summed E-state index contributed by atoms with van der Waals surface area (Å²) in [7, 11) is 2.05. The summed E-state index contributed by atoms with van der Waals surface area (Å²) in [6.45, 7) is 5.25. The van der Waals surface area contributed by atoms with Crippen molar-refractivity contribution in [3.05, 3.63) is 28.8 Å². The number of hydrogen-bond donors (Lipinski definition) is 1. The van der Waals surface area contributed by atoms with E-state index in [9.17, 15) is 0 Å². The fourth-order valence-electron chi connectivity index (χ4n) is 1.52. The van der Waals surface area contributed by atoms with Crippen molar-refractivity contribution in [2.24, 2.45) is 0 Å². The van der Waals surface area contributed by atoms with Gasteiger partial charge in [-0.25, -0.2) is 0 Å². The molecule has 0 radical (unpaired) electrons. The Balaban J connectivity index is 2.45. The molecule has 0 saturated heterocycles. The van der Waals surface area contributed by atoms with E-state index in [1.807, 2.05) is 19.1 Å². The first-order valence-corrected chi connectivity index (χ1v) is 5.81. The molecular formula is C12H19ClN2O. The van der Waals surface area contributed by atoms with Gasteiger partial charge < -0.3 is 10.5 Å². The topological polar surface area (TPSA) is 38.5 Å². The van der Waals surface area contributed by atoms with Crippen molar-refractivity contribution in [1.82, 2.24) is 4.90 Å². The van der Waals surface area contributed by atoms with Crippen LogP contribution < -0.4 is 5.73 Å². The van der Waals surface area contributed by atoms with E-state index in [1.54, 1.807) is 6.07 Å². The highest BCUT2D eigenvalue weighted by Crippen LogP contribution is 2.17. The Morgan fingerprint density at radius 3 is 2.75 bits per heavy atom. The van der Waals surface area contributed by atoms with Crippen molar-refractivity contribution in [3.63, 3.8) is 0 Å². The van der Waals surface area contributed by atoms with Gasteiger partial charge in [-0.1, -0.05) is 11.6 Å². The molecule has 2 N–H and O–H groups in total. The molecule has 0 heterocycles. The van der Waals surface area contributed by atoms with Crippen LogP contribution in [0.2, 0.25) is 5.02 Å². The molecule has 0 aliphatic carbocycles. The molecule has 0 aliphatic rings. The minimum atomic E-state index is 0.688. The molecule has 3 nitrogen and oxygen atoms in total. The molecule has 0 spiro atoms. The van der Waals surface area contributed by atoms with Gasteiger partial charge in [0.2, 0.25) is 0 Å². The molecule has 0 atom stereocenters. The molecule has 4 heteroatoms. The second-order valence-electron chi connectivity index (χ2n) is 3.83. The number of nitrogens with zero attached hydrogens (tertiary/aromatic N) is 1. The van der Waals surface area contributed by atoms with E-state index in [4.69, 9.17) is 22.1 Å². The van der Waals surface area contributed by atoms with Gasteiger partial charge in [0.1, 0.15) is 0 Å². The molecule has 0 amide bonds. The van der Waals surface area contributed by atoms with E-state index >= 15 is 0 Å². The van der Waals surface area contributed by atoms with Crippen molar-refractivity contribution in [1.29, 1.82) is 0 Å². The fourth-order valence-corrected chi connectivity index (χ4v) is 1.79. The molecule has 0 unspecified atom stereocenters. The molecule has 1 rings (SSSR count). The van der Waals surface area contributed by atoms with Gasteiger partial charge in [0.25, 0.3) is 0 Å². The van der Waals surface area contributed by atoms with Crippen molar-refractivity contribution in [3.8, 4) is 0 Å². The Hall–Kier alpha value is -0.770. The zero-order valence-electron chi connectivity index (χ0n) is 9.87. The number of nitrogens with two attached hydrogens (primary N) is 1. The van der Waals surface area contributed by atoms with E-state index < -0.39 is 0 Å². The maximum atomic E-state index is 5.94. The molecule has 16 heavy (non-hydrogen) atoms. The predicted octanol–water partition coefficient (Wildman–Crippen LogP) is 2.39. The van der Waals surface area contributed by atoms with Crippen LogP contribution in [0.3, 0.4) is 0 Å². The second kappa shape index (κ2) is 6.74. The molecule has 90 valence electrons. The molecule has 1 aromatic carbocycles. The lowest BCUT2D eigenvalue weighted by molar-refractivity contribution is 0.120. The third kappa shape index (κ3) is 4.84. The Kier molecular flexibility index (Phi) is 5.60. The number of halogens is 1. The van der Waals surface area contributed by atoms with Crippen LogP contribution in [-0.4, -0.2) is 31.7 Å². The number of ether oxygens (including phenoxy) is 1. The van der Waals surface area contributed by atoms with Gasteiger partial charge >= 0.3 is 0 Å². The highest BCUT2D eigenvalue weighted by Gasteiger charge is 2.02. The molecule has 0 fully saturated rings. The van der Waals surface area contributed by atoms with Crippen molar-refractivity contribution >= 4 is 17.3 Å².